The summed E-state index contributed by atoms with van der Waals surface area (Å²) in [5.41, 5.74) is -0.0194. The van der Waals surface area contributed by atoms with Crippen molar-refractivity contribution in [3.8, 4) is 17.1 Å². The van der Waals surface area contributed by atoms with Gasteiger partial charge in [0.25, 0.3) is 0 Å². The number of sulfone groups is 1. The topological polar surface area (TPSA) is 98.6 Å². The molecule has 0 bridgehead atoms. The smallest absolute Gasteiger partial charge is 0.456 e. The van der Waals surface area contributed by atoms with Gasteiger partial charge in [-0.1, -0.05) is 6.92 Å². The molecule has 0 aromatic carbocycles. The maximum atomic E-state index is 13.0. The molecule has 2 aromatic heterocycles. The van der Waals surface area contributed by atoms with E-state index in [1.54, 1.807) is 0 Å². The molecule has 2 heterocycles. The number of nitrogens with zero attached hydrogens (tertiary/aromatic N) is 3. The minimum absolute atomic E-state index is 0.00207. The van der Waals surface area contributed by atoms with Gasteiger partial charge in [-0.15, -0.1) is 0 Å². The molecule has 0 fully saturated rings. The molecule has 0 spiro atoms. The van der Waals surface area contributed by atoms with Gasteiger partial charge in [0.05, 0.1) is 34.4 Å². The molecule has 0 unspecified atom stereocenters. The van der Waals surface area contributed by atoms with Crippen molar-refractivity contribution in [2.75, 3.05) is 24.9 Å². The number of alkyl halides is 5. The van der Waals surface area contributed by atoms with Gasteiger partial charge in [0.2, 0.25) is 0 Å². The maximum Gasteiger partial charge on any atom is 0.456 e. The summed E-state index contributed by atoms with van der Waals surface area (Å²) >= 11 is 0. The van der Waals surface area contributed by atoms with Crippen LogP contribution >= 0.6 is 0 Å². The molecule has 0 atom stereocenters. The van der Waals surface area contributed by atoms with E-state index in [9.17, 15) is 34.6 Å². The molecule has 0 saturated heterocycles. The molecule has 172 valence electrons. The highest BCUT2D eigenvalue weighted by Crippen LogP contribution is 2.36. The zero-order valence-corrected chi connectivity index (χ0v) is 18.1. The molecule has 0 aliphatic heterocycles. The molecule has 2 aromatic rings. The fourth-order valence-electron chi connectivity index (χ4n) is 2.18. The molecule has 0 amide bonds. The molecular weight excluding hydrogens is 469 g/mol. The van der Waals surface area contributed by atoms with Crippen LogP contribution in [0, 0.1) is 0 Å². The molecule has 0 N–H and O–H groups in total. The summed E-state index contributed by atoms with van der Waals surface area (Å²) in [7, 11) is -6.41. The first-order chi connectivity index (χ1) is 14.1. The van der Waals surface area contributed by atoms with Crippen LogP contribution in [0.5, 0.6) is 5.75 Å². The van der Waals surface area contributed by atoms with Crippen LogP contribution in [-0.4, -0.2) is 59.6 Å². The first-order valence-corrected chi connectivity index (χ1v) is 12.5. The third kappa shape index (κ3) is 6.32. The van der Waals surface area contributed by atoms with Gasteiger partial charge < -0.3 is 4.74 Å². The van der Waals surface area contributed by atoms with Crippen molar-refractivity contribution < 1.29 is 39.3 Å². The predicted octanol–water partition coefficient (Wildman–Crippen LogP) is 3.87. The number of aromatic nitrogens is 2. The Kier molecular flexibility index (Phi) is 6.95. The number of ether oxygens (including phenoxy) is 1. The maximum absolute atomic E-state index is 13.0. The van der Waals surface area contributed by atoms with Gasteiger partial charge in [0.15, 0.2) is 16.4 Å². The molecule has 7 nitrogen and oxygen atoms in total. The Labute approximate surface area is 175 Å². The van der Waals surface area contributed by atoms with Crippen molar-refractivity contribution in [2.24, 2.45) is 4.36 Å². The molecule has 0 aliphatic carbocycles. The number of hydrogen-bond donors (Lipinski definition) is 0. The fraction of sp³-hybridized carbons (Fsp3) is 0.412. The van der Waals surface area contributed by atoms with E-state index >= 15 is 0 Å². The van der Waals surface area contributed by atoms with E-state index in [1.165, 1.54) is 31.7 Å². The number of pyridine rings is 2. The lowest BCUT2D eigenvalue weighted by Gasteiger charge is -2.19. The molecule has 14 heteroatoms. The highest BCUT2D eigenvalue weighted by molar-refractivity contribution is 7.92. The number of rotatable bonds is 7. The predicted molar refractivity (Wildman–Crippen MR) is 104 cm³/mol. The summed E-state index contributed by atoms with van der Waals surface area (Å²) in [5.74, 6) is -5.71. The van der Waals surface area contributed by atoms with Gasteiger partial charge >= 0.3 is 12.1 Å². The van der Waals surface area contributed by atoms with Crippen LogP contribution < -0.4 is 4.74 Å². The Hall–Kier alpha value is -2.35. The average Bonchev–Trinajstić information content (AvgIpc) is 2.65. The van der Waals surface area contributed by atoms with Crippen LogP contribution in [0.2, 0.25) is 0 Å². The van der Waals surface area contributed by atoms with E-state index in [0.717, 1.165) is 18.3 Å². The Morgan fingerprint density at radius 1 is 1.03 bits per heavy atom. The zero-order valence-electron chi connectivity index (χ0n) is 16.5. The Morgan fingerprint density at radius 2 is 1.68 bits per heavy atom. The van der Waals surface area contributed by atoms with E-state index in [2.05, 4.69) is 19.1 Å². The summed E-state index contributed by atoms with van der Waals surface area (Å²) in [4.78, 5) is 7.64. The van der Waals surface area contributed by atoms with E-state index < -0.39 is 38.3 Å². The normalized spacial score (nSPS) is 13.2. The zero-order chi connectivity index (χ0) is 23.7. The molecule has 0 aliphatic rings. The molecule has 2 rings (SSSR count). The quantitative estimate of drug-likeness (QED) is 0.550. The fourth-order valence-corrected chi connectivity index (χ4v) is 3.86. The monoisotopic (exact) mass is 487 g/mol. The number of halogens is 5. The third-order valence-corrected chi connectivity index (χ3v) is 6.08. The second kappa shape index (κ2) is 8.65. The van der Waals surface area contributed by atoms with E-state index in [1.807, 2.05) is 0 Å². The van der Waals surface area contributed by atoms with E-state index in [0.29, 0.717) is 0 Å². The molecule has 0 radical (unpaired) electrons. The van der Waals surface area contributed by atoms with Crippen molar-refractivity contribution in [3.63, 3.8) is 0 Å². The van der Waals surface area contributed by atoms with Crippen LogP contribution in [0.4, 0.5) is 27.6 Å². The van der Waals surface area contributed by atoms with E-state index in [-0.39, 0.29) is 33.5 Å². The highest BCUT2D eigenvalue weighted by atomic mass is 32.2. The first-order valence-electron chi connectivity index (χ1n) is 8.49. The van der Waals surface area contributed by atoms with Gasteiger partial charge in [0.1, 0.15) is 11.4 Å². The van der Waals surface area contributed by atoms with Crippen molar-refractivity contribution in [1.29, 1.82) is 0 Å². The molecule has 31 heavy (non-hydrogen) atoms. The Morgan fingerprint density at radius 3 is 2.16 bits per heavy atom. The summed E-state index contributed by atoms with van der Waals surface area (Å²) < 4.78 is 108. The van der Waals surface area contributed by atoms with Gasteiger partial charge in [-0.3, -0.25) is 9.97 Å². The second-order valence-corrected chi connectivity index (χ2v) is 11.4. The lowest BCUT2D eigenvalue weighted by Crippen LogP contribution is -2.41. The van der Waals surface area contributed by atoms with Crippen LogP contribution in [0.25, 0.3) is 11.4 Å². The Balaban J connectivity index is 2.41. The summed E-state index contributed by atoms with van der Waals surface area (Å²) in [6, 6.07) is 3.41. The van der Waals surface area contributed by atoms with Crippen LogP contribution in [0.1, 0.15) is 6.92 Å². The minimum Gasteiger partial charge on any atom is -0.485 e. The van der Waals surface area contributed by atoms with Crippen molar-refractivity contribution in [3.05, 3.63) is 30.6 Å². The Bertz CT molecular complexity index is 1170. The third-order valence-electron chi connectivity index (χ3n) is 3.69. The van der Waals surface area contributed by atoms with Crippen LogP contribution in [0.15, 0.2) is 39.9 Å². The first kappa shape index (κ1) is 24.9. The van der Waals surface area contributed by atoms with Gasteiger partial charge in [-0.2, -0.15) is 26.3 Å². The standard InChI is InChI=1S/C17H18F5N3O4S2/c1-4-31(27,28)14-7-11(25-30(2,3)26)8-24-15(14)13-6-5-12(9-23-13)29-10-16(18,19)17(20,21)22/h5-9H,4,10H2,1-3H3. The van der Waals surface area contributed by atoms with Crippen molar-refractivity contribution >= 4 is 25.3 Å². The molecule has 0 saturated carbocycles. The average molecular weight is 487 g/mol. The van der Waals surface area contributed by atoms with Crippen LogP contribution in [0.3, 0.4) is 0 Å². The van der Waals surface area contributed by atoms with Crippen molar-refractivity contribution in [2.45, 2.75) is 23.9 Å². The lowest BCUT2D eigenvalue weighted by molar-refractivity contribution is -0.290. The SMILES string of the molecule is CCS(=O)(=O)c1cc(N=S(C)(C)=O)cnc1-c1ccc(OCC(F)(F)C(F)(F)F)cn1. The highest BCUT2D eigenvalue weighted by Gasteiger charge is 2.58. The van der Waals surface area contributed by atoms with Gasteiger partial charge in [-0.25, -0.2) is 12.6 Å². The van der Waals surface area contributed by atoms with Gasteiger partial charge in [0, 0.05) is 22.2 Å². The minimum atomic E-state index is -5.76. The largest absolute Gasteiger partial charge is 0.485 e. The molecular formula is C17H18F5N3O4S2. The number of hydrogen-bond acceptors (Lipinski definition) is 7. The lowest BCUT2D eigenvalue weighted by atomic mass is 10.2. The summed E-state index contributed by atoms with van der Waals surface area (Å²) in [5, 5.41) is 0. The van der Waals surface area contributed by atoms with E-state index in [4.69, 9.17) is 0 Å². The van der Waals surface area contributed by atoms with Crippen LogP contribution in [-0.2, 0) is 19.6 Å². The second-order valence-electron chi connectivity index (χ2n) is 6.59. The van der Waals surface area contributed by atoms with Crippen molar-refractivity contribution in [1.82, 2.24) is 9.97 Å². The van der Waals surface area contributed by atoms with Gasteiger partial charge in [-0.05, 0) is 18.2 Å². The summed E-state index contributed by atoms with van der Waals surface area (Å²) in [6.45, 7) is -0.536. The summed E-state index contributed by atoms with van der Waals surface area (Å²) in [6.07, 6.45) is -0.989.